The Labute approximate surface area is 113 Å². The van der Waals surface area contributed by atoms with Gasteiger partial charge in [0.05, 0.1) is 6.61 Å². The zero-order valence-electron chi connectivity index (χ0n) is 11.3. The minimum atomic E-state index is 0.0747. The number of nitrogens with zero attached hydrogens (tertiary/aromatic N) is 3. The number of aryl methyl sites for hydroxylation is 1. The monoisotopic (exact) mass is 263 g/mol. The molecule has 1 fully saturated rings. The Morgan fingerprint density at radius 3 is 2.63 bits per heavy atom. The summed E-state index contributed by atoms with van der Waals surface area (Å²) < 4.78 is 0. The van der Waals surface area contributed by atoms with Crippen molar-refractivity contribution in [1.29, 1.82) is 5.41 Å². The maximum Gasteiger partial charge on any atom is 0.129 e. The summed E-state index contributed by atoms with van der Waals surface area (Å²) in [6.45, 7) is 6.46. The normalized spacial score (nSPS) is 16.6. The molecule has 1 aliphatic rings. The number of hydrogen-bond acceptors (Lipinski definition) is 5. The van der Waals surface area contributed by atoms with Crippen LogP contribution in [0.5, 0.6) is 0 Å². The highest BCUT2D eigenvalue weighted by Gasteiger charge is 2.18. The molecule has 2 heterocycles. The maximum atomic E-state index is 8.93. The quantitative estimate of drug-likeness (QED) is 0.516. The van der Waals surface area contributed by atoms with Gasteiger partial charge in [-0.15, -0.1) is 0 Å². The second kappa shape index (κ2) is 5.99. The molecule has 0 saturated carbocycles. The predicted octanol–water partition coefficient (Wildman–Crippen LogP) is -0.212. The fourth-order valence-corrected chi connectivity index (χ4v) is 2.31. The van der Waals surface area contributed by atoms with Crippen LogP contribution in [0, 0.1) is 12.3 Å². The second-order valence-electron chi connectivity index (χ2n) is 4.82. The Hall–Kier alpha value is -1.66. The van der Waals surface area contributed by atoms with Crippen LogP contribution >= 0.6 is 0 Å². The number of aliphatic hydroxyl groups is 1. The minimum absolute atomic E-state index is 0.0747. The fourth-order valence-electron chi connectivity index (χ4n) is 2.31. The zero-order chi connectivity index (χ0) is 13.8. The summed E-state index contributed by atoms with van der Waals surface area (Å²) >= 11 is 0. The molecule has 0 unspecified atom stereocenters. The molecule has 1 aliphatic heterocycles. The molecule has 0 atom stereocenters. The van der Waals surface area contributed by atoms with E-state index in [2.05, 4.69) is 14.8 Å². The van der Waals surface area contributed by atoms with Gasteiger partial charge in [-0.25, -0.2) is 4.98 Å². The highest BCUT2D eigenvalue weighted by atomic mass is 16.3. The number of anilines is 1. The number of nitrogens with two attached hydrogens (primary N) is 1. The van der Waals surface area contributed by atoms with Gasteiger partial charge in [-0.3, -0.25) is 10.3 Å². The summed E-state index contributed by atoms with van der Waals surface area (Å²) in [6.07, 6.45) is 0. The van der Waals surface area contributed by atoms with E-state index in [1.165, 1.54) is 0 Å². The summed E-state index contributed by atoms with van der Waals surface area (Å²) in [6, 6.07) is 3.70. The van der Waals surface area contributed by atoms with Crippen molar-refractivity contribution in [2.45, 2.75) is 6.92 Å². The van der Waals surface area contributed by atoms with Gasteiger partial charge in [-0.2, -0.15) is 0 Å². The largest absolute Gasteiger partial charge is 0.395 e. The summed E-state index contributed by atoms with van der Waals surface area (Å²) in [5.41, 5.74) is 7.14. The lowest BCUT2D eigenvalue weighted by Crippen LogP contribution is -2.47. The lowest BCUT2D eigenvalue weighted by Gasteiger charge is -2.35. The molecule has 1 aromatic rings. The second-order valence-corrected chi connectivity index (χ2v) is 4.82. The number of nitrogens with one attached hydrogen (secondary N) is 1. The van der Waals surface area contributed by atoms with Crippen molar-refractivity contribution >= 4 is 11.7 Å². The van der Waals surface area contributed by atoms with E-state index in [0.29, 0.717) is 0 Å². The van der Waals surface area contributed by atoms with Crippen molar-refractivity contribution in [3.63, 3.8) is 0 Å². The third kappa shape index (κ3) is 3.42. The SMILES string of the molecule is Cc1cc(C(=N)N)cc(N2CCN(CCO)CC2)n1. The van der Waals surface area contributed by atoms with E-state index < -0.39 is 0 Å². The van der Waals surface area contributed by atoms with Crippen molar-refractivity contribution < 1.29 is 5.11 Å². The smallest absolute Gasteiger partial charge is 0.129 e. The highest BCUT2D eigenvalue weighted by Crippen LogP contribution is 2.16. The Bertz CT molecular complexity index is 454. The Balaban J connectivity index is 2.09. The molecular formula is C13H21N5O. The summed E-state index contributed by atoms with van der Waals surface area (Å²) in [5, 5.41) is 16.5. The first kappa shape index (κ1) is 13.8. The van der Waals surface area contributed by atoms with E-state index in [1.807, 2.05) is 19.1 Å². The number of aliphatic hydroxyl groups excluding tert-OH is 1. The average molecular weight is 263 g/mol. The first-order valence-corrected chi connectivity index (χ1v) is 6.51. The number of β-amino-alcohol motifs (C(OH)–C–C–N with tert-alkyl or cyclic N) is 1. The molecule has 0 amide bonds. The van der Waals surface area contributed by atoms with E-state index in [4.69, 9.17) is 16.2 Å². The van der Waals surface area contributed by atoms with E-state index in [0.717, 1.165) is 49.8 Å². The van der Waals surface area contributed by atoms with Gasteiger partial charge in [0.15, 0.2) is 0 Å². The Morgan fingerprint density at radius 1 is 1.37 bits per heavy atom. The molecule has 104 valence electrons. The van der Waals surface area contributed by atoms with Crippen molar-refractivity contribution in [3.05, 3.63) is 23.4 Å². The zero-order valence-corrected chi connectivity index (χ0v) is 11.3. The lowest BCUT2D eigenvalue weighted by molar-refractivity contribution is 0.188. The van der Waals surface area contributed by atoms with Crippen LogP contribution in [0.1, 0.15) is 11.3 Å². The summed E-state index contributed by atoms with van der Waals surface area (Å²) in [4.78, 5) is 8.95. The molecule has 0 aliphatic carbocycles. The van der Waals surface area contributed by atoms with E-state index in [-0.39, 0.29) is 12.4 Å². The van der Waals surface area contributed by atoms with Crippen LogP contribution in [-0.4, -0.2) is 60.2 Å². The molecule has 0 spiro atoms. The van der Waals surface area contributed by atoms with Crippen LogP contribution < -0.4 is 10.6 Å². The van der Waals surface area contributed by atoms with E-state index in [9.17, 15) is 0 Å². The first-order valence-electron chi connectivity index (χ1n) is 6.51. The summed E-state index contributed by atoms with van der Waals surface area (Å²) in [7, 11) is 0. The minimum Gasteiger partial charge on any atom is -0.395 e. The van der Waals surface area contributed by atoms with Crippen LogP contribution in [0.15, 0.2) is 12.1 Å². The van der Waals surface area contributed by atoms with Crippen LogP contribution in [-0.2, 0) is 0 Å². The van der Waals surface area contributed by atoms with Crippen molar-refractivity contribution in [1.82, 2.24) is 9.88 Å². The molecular weight excluding hydrogens is 242 g/mol. The van der Waals surface area contributed by atoms with Gasteiger partial charge in [0.25, 0.3) is 0 Å². The van der Waals surface area contributed by atoms with Gasteiger partial charge >= 0.3 is 0 Å². The molecule has 19 heavy (non-hydrogen) atoms. The van der Waals surface area contributed by atoms with Crippen molar-refractivity contribution in [2.75, 3.05) is 44.2 Å². The van der Waals surface area contributed by atoms with Gasteiger partial charge < -0.3 is 15.7 Å². The fraction of sp³-hybridized carbons (Fsp3) is 0.538. The van der Waals surface area contributed by atoms with E-state index in [1.54, 1.807) is 0 Å². The van der Waals surface area contributed by atoms with Gasteiger partial charge in [0, 0.05) is 44.0 Å². The Kier molecular flexibility index (Phi) is 4.34. The molecule has 2 rings (SSSR count). The van der Waals surface area contributed by atoms with Gasteiger partial charge in [-0.1, -0.05) is 0 Å². The van der Waals surface area contributed by atoms with Crippen molar-refractivity contribution in [2.24, 2.45) is 5.73 Å². The van der Waals surface area contributed by atoms with Gasteiger partial charge in [0.2, 0.25) is 0 Å². The topological polar surface area (TPSA) is 89.5 Å². The molecule has 6 nitrogen and oxygen atoms in total. The standard InChI is InChI=1S/C13H21N5O/c1-10-8-11(13(14)15)9-12(16-10)18-4-2-17(3-5-18)6-7-19/h8-9,19H,2-7H2,1H3,(H3,14,15). The number of rotatable bonds is 4. The van der Waals surface area contributed by atoms with Gasteiger partial charge in [-0.05, 0) is 19.1 Å². The molecule has 6 heteroatoms. The molecule has 0 bridgehead atoms. The number of amidine groups is 1. The maximum absolute atomic E-state index is 8.93. The van der Waals surface area contributed by atoms with E-state index >= 15 is 0 Å². The van der Waals surface area contributed by atoms with Crippen LogP contribution in [0.4, 0.5) is 5.82 Å². The molecule has 1 saturated heterocycles. The highest BCUT2D eigenvalue weighted by molar-refractivity contribution is 5.95. The molecule has 0 aromatic carbocycles. The lowest BCUT2D eigenvalue weighted by atomic mass is 10.2. The third-order valence-electron chi connectivity index (χ3n) is 3.36. The number of pyridine rings is 1. The first-order chi connectivity index (χ1) is 9.10. The number of nitrogen functional groups attached to an aromatic ring is 1. The van der Waals surface area contributed by atoms with Crippen molar-refractivity contribution in [3.8, 4) is 0 Å². The average Bonchev–Trinajstić information content (AvgIpc) is 2.39. The third-order valence-corrected chi connectivity index (χ3v) is 3.36. The number of piperazine rings is 1. The summed E-state index contributed by atoms with van der Waals surface area (Å²) in [5.74, 6) is 0.958. The van der Waals surface area contributed by atoms with Gasteiger partial charge in [0.1, 0.15) is 11.7 Å². The van der Waals surface area contributed by atoms with Crippen LogP contribution in [0.2, 0.25) is 0 Å². The Morgan fingerprint density at radius 2 is 2.05 bits per heavy atom. The molecule has 4 N–H and O–H groups in total. The van der Waals surface area contributed by atoms with Crippen LogP contribution in [0.25, 0.3) is 0 Å². The number of hydrogen-bond donors (Lipinski definition) is 3. The van der Waals surface area contributed by atoms with Crippen LogP contribution in [0.3, 0.4) is 0 Å². The molecule has 0 radical (unpaired) electrons. The molecule has 1 aromatic heterocycles. The predicted molar refractivity (Wildman–Crippen MR) is 75.7 cm³/mol. The number of aromatic nitrogens is 1.